The topological polar surface area (TPSA) is 120 Å². The lowest BCUT2D eigenvalue weighted by atomic mass is 10.2. The molecule has 0 bridgehead atoms. The Morgan fingerprint density at radius 3 is 2.74 bits per heavy atom. The minimum atomic E-state index is -0.444. The molecule has 0 radical (unpaired) electrons. The van der Waals surface area contributed by atoms with Gasteiger partial charge < -0.3 is 15.4 Å². The van der Waals surface area contributed by atoms with E-state index in [2.05, 4.69) is 20.7 Å². The van der Waals surface area contributed by atoms with Gasteiger partial charge >= 0.3 is 0 Å². The van der Waals surface area contributed by atoms with E-state index in [0.717, 1.165) is 0 Å². The van der Waals surface area contributed by atoms with Crippen molar-refractivity contribution in [1.29, 1.82) is 0 Å². The minimum absolute atomic E-state index is 0.232. The average Bonchev–Trinajstić information content (AvgIpc) is 2.99. The van der Waals surface area contributed by atoms with Gasteiger partial charge in [-0.25, -0.2) is 4.98 Å². The molecule has 1 aromatic carbocycles. The maximum Gasteiger partial charge on any atom is 0.264 e. The van der Waals surface area contributed by atoms with Crippen molar-refractivity contribution in [2.45, 2.75) is 13.5 Å². The number of rotatable bonds is 5. The van der Waals surface area contributed by atoms with Crippen molar-refractivity contribution in [2.24, 2.45) is 7.05 Å². The highest BCUT2D eigenvalue weighted by atomic mass is 16.5. The first kappa shape index (κ1) is 18.1. The van der Waals surface area contributed by atoms with Crippen LogP contribution < -0.4 is 20.9 Å². The van der Waals surface area contributed by atoms with Crippen LogP contribution in [0.3, 0.4) is 0 Å². The van der Waals surface area contributed by atoms with Gasteiger partial charge in [-0.05, 0) is 18.2 Å². The van der Waals surface area contributed by atoms with Gasteiger partial charge in [-0.1, -0.05) is 0 Å². The molecule has 140 valence electrons. The maximum atomic E-state index is 12.4. The third-order valence-electron chi connectivity index (χ3n) is 3.83. The van der Waals surface area contributed by atoms with Gasteiger partial charge in [0.1, 0.15) is 24.0 Å². The number of methoxy groups -OCH3 is 1. The molecule has 0 saturated heterocycles. The van der Waals surface area contributed by atoms with Gasteiger partial charge in [-0.2, -0.15) is 5.10 Å². The van der Waals surface area contributed by atoms with Crippen molar-refractivity contribution in [3.8, 4) is 5.75 Å². The maximum absolute atomic E-state index is 12.4. The SMILES string of the molecule is COc1ccc(NC(C)=O)cc1NC(=O)Cn1cnc2c(cnn2C)c1=O. The molecule has 0 atom stereocenters. The molecule has 2 aromatic heterocycles. The molecule has 3 aromatic rings. The summed E-state index contributed by atoms with van der Waals surface area (Å²) in [5.74, 6) is -0.258. The molecular formula is C17H18N6O4. The fraction of sp³-hybridized carbons (Fsp3) is 0.235. The number of nitrogens with one attached hydrogen (secondary N) is 2. The number of hydrogen-bond acceptors (Lipinski definition) is 6. The van der Waals surface area contributed by atoms with Crippen LogP contribution in [0.2, 0.25) is 0 Å². The van der Waals surface area contributed by atoms with E-state index in [9.17, 15) is 14.4 Å². The number of ether oxygens (including phenoxy) is 1. The quantitative estimate of drug-likeness (QED) is 0.683. The summed E-state index contributed by atoms with van der Waals surface area (Å²) < 4.78 is 7.90. The van der Waals surface area contributed by atoms with E-state index in [-0.39, 0.29) is 18.0 Å². The smallest absolute Gasteiger partial charge is 0.264 e. The highest BCUT2D eigenvalue weighted by Crippen LogP contribution is 2.27. The van der Waals surface area contributed by atoms with Crippen molar-refractivity contribution in [2.75, 3.05) is 17.7 Å². The molecule has 0 aliphatic heterocycles. The molecule has 0 aliphatic rings. The summed E-state index contributed by atoms with van der Waals surface area (Å²) >= 11 is 0. The van der Waals surface area contributed by atoms with E-state index >= 15 is 0 Å². The lowest BCUT2D eigenvalue weighted by Crippen LogP contribution is -2.28. The largest absolute Gasteiger partial charge is 0.495 e. The van der Waals surface area contributed by atoms with Gasteiger partial charge in [-0.3, -0.25) is 23.6 Å². The zero-order valence-electron chi connectivity index (χ0n) is 15.0. The first-order valence-corrected chi connectivity index (χ1v) is 8.01. The molecule has 0 saturated carbocycles. The Morgan fingerprint density at radius 1 is 1.26 bits per heavy atom. The lowest BCUT2D eigenvalue weighted by Gasteiger charge is -2.13. The Morgan fingerprint density at radius 2 is 2.04 bits per heavy atom. The summed E-state index contributed by atoms with van der Waals surface area (Å²) in [7, 11) is 3.15. The molecule has 2 heterocycles. The second kappa shape index (κ2) is 7.28. The summed E-state index contributed by atoms with van der Waals surface area (Å²) in [6.45, 7) is 1.15. The predicted molar refractivity (Wildman–Crippen MR) is 98.7 cm³/mol. The van der Waals surface area contributed by atoms with Crippen molar-refractivity contribution in [3.05, 3.63) is 41.1 Å². The van der Waals surface area contributed by atoms with Crippen LogP contribution in [-0.2, 0) is 23.2 Å². The zero-order chi connectivity index (χ0) is 19.6. The second-order valence-electron chi connectivity index (χ2n) is 5.83. The first-order chi connectivity index (χ1) is 12.9. The third-order valence-corrected chi connectivity index (χ3v) is 3.83. The van der Waals surface area contributed by atoms with Crippen molar-refractivity contribution < 1.29 is 14.3 Å². The fourth-order valence-corrected chi connectivity index (χ4v) is 2.61. The number of aryl methyl sites for hydroxylation is 1. The van der Waals surface area contributed by atoms with Crippen molar-refractivity contribution >= 4 is 34.2 Å². The summed E-state index contributed by atoms with van der Waals surface area (Å²) in [6, 6.07) is 4.85. The van der Waals surface area contributed by atoms with Crippen LogP contribution in [0.15, 0.2) is 35.5 Å². The normalized spacial score (nSPS) is 10.6. The standard InChI is InChI=1S/C17H18N6O4/c1-10(24)20-11-4-5-14(27-3)13(6-11)21-15(25)8-23-9-18-16-12(17(23)26)7-19-22(16)2/h4-7,9H,8H2,1-3H3,(H,20,24)(H,21,25). The van der Waals surface area contributed by atoms with Gasteiger partial charge in [0.15, 0.2) is 5.65 Å². The molecule has 0 unspecified atom stereocenters. The molecule has 0 fully saturated rings. The van der Waals surface area contributed by atoms with E-state index in [4.69, 9.17) is 4.74 Å². The second-order valence-corrected chi connectivity index (χ2v) is 5.83. The Hall–Kier alpha value is -3.69. The number of nitrogens with zero attached hydrogens (tertiary/aromatic N) is 4. The molecule has 2 amide bonds. The van der Waals surface area contributed by atoms with Crippen LogP contribution in [0, 0.1) is 0 Å². The number of benzene rings is 1. The Kier molecular flexibility index (Phi) is 4.88. The predicted octanol–water partition coefficient (Wildman–Crippen LogP) is 0.736. The number of anilines is 2. The highest BCUT2D eigenvalue weighted by Gasteiger charge is 2.13. The molecule has 0 aliphatic carbocycles. The Bertz CT molecular complexity index is 1080. The Balaban J connectivity index is 1.82. The van der Waals surface area contributed by atoms with Gasteiger partial charge in [0.05, 0.1) is 19.0 Å². The Labute approximate surface area is 153 Å². The number of carbonyl (C=O) groups is 2. The van der Waals surface area contributed by atoms with Crippen LogP contribution in [0.5, 0.6) is 5.75 Å². The van der Waals surface area contributed by atoms with Gasteiger partial charge in [-0.15, -0.1) is 0 Å². The number of hydrogen-bond donors (Lipinski definition) is 2. The van der Waals surface area contributed by atoms with E-state index in [0.29, 0.717) is 28.2 Å². The van der Waals surface area contributed by atoms with Crippen molar-refractivity contribution in [3.63, 3.8) is 0 Å². The van der Waals surface area contributed by atoms with E-state index in [1.807, 2.05) is 0 Å². The molecule has 0 spiro atoms. The molecular weight excluding hydrogens is 352 g/mol. The molecule has 2 N–H and O–H groups in total. The first-order valence-electron chi connectivity index (χ1n) is 8.01. The summed E-state index contributed by atoms with van der Waals surface area (Å²) in [6.07, 6.45) is 2.72. The fourth-order valence-electron chi connectivity index (χ4n) is 2.61. The van der Waals surface area contributed by atoms with Gasteiger partial charge in [0.2, 0.25) is 11.8 Å². The number of carbonyl (C=O) groups excluding carboxylic acids is 2. The minimum Gasteiger partial charge on any atom is -0.495 e. The number of amides is 2. The molecule has 10 nitrogen and oxygen atoms in total. The van der Waals surface area contributed by atoms with Crippen LogP contribution in [0.1, 0.15) is 6.92 Å². The van der Waals surface area contributed by atoms with E-state index in [1.165, 1.54) is 35.8 Å². The van der Waals surface area contributed by atoms with Crippen LogP contribution in [-0.4, -0.2) is 38.3 Å². The van der Waals surface area contributed by atoms with Crippen molar-refractivity contribution in [1.82, 2.24) is 19.3 Å². The summed E-state index contributed by atoms with van der Waals surface area (Å²) in [5, 5.41) is 9.63. The van der Waals surface area contributed by atoms with Gasteiger partial charge in [0, 0.05) is 19.7 Å². The number of fused-ring (bicyclic) bond motifs is 1. The van der Waals surface area contributed by atoms with E-state index in [1.54, 1.807) is 25.2 Å². The van der Waals surface area contributed by atoms with E-state index < -0.39 is 5.91 Å². The molecule has 3 rings (SSSR count). The monoisotopic (exact) mass is 370 g/mol. The molecule has 10 heteroatoms. The summed E-state index contributed by atoms with van der Waals surface area (Å²) in [5.41, 5.74) is 0.968. The van der Waals surface area contributed by atoms with Gasteiger partial charge in [0.25, 0.3) is 5.56 Å². The zero-order valence-corrected chi connectivity index (χ0v) is 15.0. The van der Waals surface area contributed by atoms with Crippen LogP contribution >= 0.6 is 0 Å². The average molecular weight is 370 g/mol. The summed E-state index contributed by atoms with van der Waals surface area (Å²) in [4.78, 5) is 40.2. The third kappa shape index (κ3) is 3.78. The van der Waals surface area contributed by atoms with Crippen LogP contribution in [0.4, 0.5) is 11.4 Å². The lowest BCUT2D eigenvalue weighted by molar-refractivity contribution is -0.117. The van der Waals surface area contributed by atoms with Crippen LogP contribution in [0.25, 0.3) is 11.0 Å². The highest BCUT2D eigenvalue weighted by molar-refractivity contribution is 5.95. The molecule has 27 heavy (non-hydrogen) atoms. The number of aromatic nitrogens is 4.